The Morgan fingerprint density at radius 1 is 0.341 bits per heavy atom. The number of anilines is 2. The van der Waals surface area contributed by atoms with Crippen molar-refractivity contribution in [2.75, 3.05) is 55.6 Å². The van der Waals surface area contributed by atoms with E-state index in [1.807, 2.05) is 123 Å². The summed E-state index contributed by atoms with van der Waals surface area (Å²) >= 11 is 0. The Labute approximate surface area is 738 Å². The van der Waals surface area contributed by atoms with Crippen LogP contribution in [0.5, 0.6) is 0 Å². The molecule has 23 rings (SSSR count). The largest absolute Gasteiger partial charge is 0.368 e. The van der Waals surface area contributed by atoms with Gasteiger partial charge in [0.2, 0.25) is 0 Å². The van der Waals surface area contributed by atoms with E-state index in [9.17, 15) is 0 Å². The minimum atomic E-state index is 0.627. The fourth-order valence-corrected chi connectivity index (χ4v) is 17.0. The molecule has 129 heavy (non-hydrogen) atoms. The van der Waals surface area contributed by atoms with Crippen LogP contribution in [0.2, 0.25) is 0 Å². The van der Waals surface area contributed by atoms with Gasteiger partial charge in [0.15, 0.2) is 45.9 Å². The van der Waals surface area contributed by atoms with Crippen LogP contribution in [0.25, 0.3) is 185 Å². The first kappa shape index (κ1) is 81.6. The van der Waals surface area contributed by atoms with Crippen LogP contribution in [0.4, 0.5) is 11.4 Å². The van der Waals surface area contributed by atoms with E-state index in [4.69, 9.17) is 15.0 Å². The highest BCUT2D eigenvalue weighted by Crippen LogP contribution is 2.39. The van der Waals surface area contributed by atoms with Crippen molar-refractivity contribution in [3.05, 3.63) is 217 Å². The van der Waals surface area contributed by atoms with Gasteiger partial charge in [-0.3, -0.25) is 60.3 Å². The molecule has 0 aromatic carbocycles. The van der Waals surface area contributed by atoms with Gasteiger partial charge in [0.1, 0.15) is 39.3 Å². The van der Waals surface area contributed by atoms with Gasteiger partial charge in [-0.1, -0.05) is 20.8 Å². The first-order valence-corrected chi connectivity index (χ1v) is 43.4. The van der Waals surface area contributed by atoms with Crippen molar-refractivity contribution >= 4 is 99.6 Å². The van der Waals surface area contributed by atoms with E-state index < -0.39 is 0 Å². The van der Waals surface area contributed by atoms with Gasteiger partial charge in [-0.2, -0.15) is 20.4 Å². The number of hydrogen-bond acceptors (Lipinski definition) is 26. The zero-order valence-electron chi connectivity index (χ0n) is 72.5. The third-order valence-electron chi connectivity index (χ3n) is 24.1. The van der Waals surface area contributed by atoms with Crippen LogP contribution in [0.3, 0.4) is 0 Å². The SMILES string of the molecule is CCNCc1cncc(-c2cnc3n[nH]c(-c4nc5c(-n6cnc(C)c6)cncc5[nH]4)c3c2)c1C.CCNCc1cncc(-c2cnc3n[nH]c(-c4nc5c(N6CCCC6)cncc5[nH]4)c3c2)c1C.CCNCc1cncc(-c2cnc3n[nH]c(-c4nc5c(N6CCCCC6)cncc5[nH]4)c3c2)c1C.Cc1ccncc1-c1cnc2n[nH]c(-c3nc4ccncc4[nH]3)c2c1. The zero-order chi connectivity index (χ0) is 87.6. The van der Waals surface area contributed by atoms with E-state index in [0.717, 1.165) is 238 Å². The molecule has 21 aromatic heterocycles. The molecule has 2 aliphatic rings. The Morgan fingerprint density at radius 3 is 1.09 bits per heavy atom. The van der Waals surface area contributed by atoms with Crippen LogP contribution >= 0.6 is 0 Å². The fraction of sp³-hybridized carbons (Fsp3) is 0.245. The number of aryl methyl sites for hydroxylation is 2. The molecule has 0 amide bonds. The summed E-state index contributed by atoms with van der Waals surface area (Å²) in [6, 6.07) is 12.3. The number of pyridine rings is 12. The predicted octanol–water partition coefficient (Wildman–Crippen LogP) is 15.5. The molecule has 2 fully saturated rings. The molecule has 21 aromatic rings. The van der Waals surface area contributed by atoms with Gasteiger partial charge in [0, 0.05) is 177 Å². The maximum absolute atomic E-state index is 4.99. The number of nitrogens with one attached hydrogen (secondary N) is 11. The second-order valence-electron chi connectivity index (χ2n) is 32.3. The summed E-state index contributed by atoms with van der Waals surface area (Å²) < 4.78 is 1.93. The van der Waals surface area contributed by atoms with E-state index in [-0.39, 0.29) is 0 Å². The standard InChI is InChI=1S/C26H29N9.C25H24N10.C25H27N9.C18H13N7/c1-3-27-10-18-11-28-13-20(16(18)2)17-9-19-23(33-34-25(19)30-12-17)26-31-21-14-29-15-22(24(21)32-26)35-7-5-4-6-8-35;1-4-26-6-17-7-27-9-19(15(17)3)16-5-18-22(33-34-24(18)29-8-16)25-31-20-10-28-11-21(23(20)32-25)35-12-14(2)30-13-35;1-3-26-9-17-10-27-12-19(15(17)2)16-8-18-22(32-33-24(18)29-11-16)25-30-20-13-28-14-21(23(20)31-25)34-6-4-5-7-34;1-10-2-4-19-8-13(10)11-6-12-16(24-25-17(12)21-7-11)18-22-14-3-5-20-9-15(14)23-18/h9,11-15,27H,3-8,10H2,1-2H3,(H,31,32)(H,30,33,34);5,7-13,26H,4,6H2,1-3H3,(H,31,32)(H,29,33,34);8,10-14,26H,3-7,9H2,1-2H3,(H,30,31)(H,29,32,33);2-9H,1H3,(H,22,23)(H,21,24,25). The van der Waals surface area contributed by atoms with Gasteiger partial charge in [-0.15, -0.1) is 0 Å². The monoisotopic (exact) mass is 1710 g/mol. The molecule has 2 saturated heterocycles. The Balaban J connectivity index is 0.000000109. The first-order chi connectivity index (χ1) is 63.4. The van der Waals surface area contributed by atoms with Crippen molar-refractivity contribution in [2.24, 2.45) is 0 Å². The normalized spacial score (nSPS) is 12.9. The molecule has 0 radical (unpaired) electrons. The Bertz CT molecular complexity index is 7620. The topological polar surface area (TPSA) is 445 Å². The number of H-pyrrole nitrogens is 8. The average Bonchev–Trinajstić information content (AvgIpc) is 1.62. The maximum Gasteiger partial charge on any atom is 0.181 e. The summed E-state index contributed by atoms with van der Waals surface area (Å²) in [5.41, 5.74) is 33.4. The van der Waals surface area contributed by atoms with Crippen molar-refractivity contribution in [1.29, 1.82) is 0 Å². The van der Waals surface area contributed by atoms with Crippen molar-refractivity contribution < 1.29 is 0 Å². The molecule has 35 nitrogen and oxygen atoms in total. The van der Waals surface area contributed by atoms with Gasteiger partial charge < -0.3 is 50.3 Å². The number of aromatic amines is 8. The Morgan fingerprint density at radius 2 is 0.690 bits per heavy atom. The number of aromatic nitrogens is 30. The Kier molecular flexibility index (Phi) is 22.6. The predicted molar refractivity (Wildman–Crippen MR) is 500 cm³/mol. The minimum absolute atomic E-state index is 0.627. The summed E-state index contributed by atoms with van der Waals surface area (Å²) in [5, 5.41) is 43.8. The summed E-state index contributed by atoms with van der Waals surface area (Å²) in [5.74, 6) is 2.86. The second-order valence-corrected chi connectivity index (χ2v) is 32.3. The maximum atomic E-state index is 4.99. The number of rotatable bonds is 20. The van der Waals surface area contributed by atoms with E-state index >= 15 is 0 Å². The lowest BCUT2D eigenvalue weighted by Gasteiger charge is -2.28. The number of piperidine rings is 1. The van der Waals surface area contributed by atoms with Gasteiger partial charge in [0.05, 0.1) is 122 Å². The minimum Gasteiger partial charge on any atom is -0.368 e. The quantitative estimate of drug-likeness (QED) is 0.0337. The average molecular weight is 1710 g/mol. The van der Waals surface area contributed by atoms with Crippen LogP contribution < -0.4 is 25.8 Å². The van der Waals surface area contributed by atoms with Crippen LogP contribution in [0.1, 0.15) is 97.5 Å². The highest BCUT2D eigenvalue weighted by molar-refractivity contribution is 6.00. The summed E-state index contributed by atoms with van der Waals surface area (Å²) in [7, 11) is 0. The number of fused-ring (bicyclic) bond motifs is 8. The van der Waals surface area contributed by atoms with Crippen LogP contribution in [0, 0.1) is 34.6 Å². The number of imidazole rings is 5. The molecule has 0 bridgehead atoms. The summed E-state index contributed by atoms with van der Waals surface area (Å²) in [6.07, 6.45) is 46.9. The first-order valence-electron chi connectivity index (χ1n) is 43.4. The van der Waals surface area contributed by atoms with Crippen molar-refractivity contribution in [3.8, 4) is 96.3 Å². The molecule has 0 saturated carbocycles. The third kappa shape index (κ3) is 16.2. The summed E-state index contributed by atoms with van der Waals surface area (Å²) in [4.78, 5) is 95.5. The van der Waals surface area contributed by atoms with E-state index in [1.165, 1.54) is 65.5 Å². The molecular weight excluding hydrogens is 1620 g/mol. The molecule has 0 spiro atoms. The van der Waals surface area contributed by atoms with Crippen molar-refractivity contribution in [2.45, 2.75) is 107 Å². The lowest BCUT2D eigenvalue weighted by molar-refractivity contribution is 0.578. The molecule has 644 valence electrons. The van der Waals surface area contributed by atoms with E-state index in [1.54, 1.807) is 37.3 Å². The van der Waals surface area contributed by atoms with Gasteiger partial charge >= 0.3 is 0 Å². The lowest BCUT2D eigenvalue weighted by atomic mass is 9.99. The van der Waals surface area contributed by atoms with Crippen LogP contribution in [-0.2, 0) is 19.6 Å². The number of hydrogen-bond donors (Lipinski definition) is 11. The van der Waals surface area contributed by atoms with Crippen LogP contribution in [0.15, 0.2) is 173 Å². The smallest absolute Gasteiger partial charge is 0.181 e. The molecule has 11 N–H and O–H groups in total. The molecule has 2 aliphatic heterocycles. The zero-order valence-corrected chi connectivity index (χ0v) is 72.5. The third-order valence-corrected chi connectivity index (χ3v) is 24.1. The van der Waals surface area contributed by atoms with Gasteiger partial charge in [0.25, 0.3) is 0 Å². The molecule has 35 heteroatoms. The Hall–Kier alpha value is -15.8. The highest BCUT2D eigenvalue weighted by Gasteiger charge is 2.26. The molecule has 0 unspecified atom stereocenters. The lowest BCUT2D eigenvalue weighted by Crippen LogP contribution is -2.29. The summed E-state index contributed by atoms with van der Waals surface area (Å²) in [6.45, 7) is 26.0. The van der Waals surface area contributed by atoms with E-state index in [0.29, 0.717) is 34.2 Å². The molecule has 23 heterocycles. The fourth-order valence-electron chi connectivity index (χ4n) is 17.0. The van der Waals surface area contributed by atoms with Crippen molar-refractivity contribution in [1.82, 2.24) is 166 Å². The number of nitrogens with zero attached hydrogens (tertiary/aromatic N) is 24. The van der Waals surface area contributed by atoms with Crippen LogP contribution in [-0.4, -0.2) is 196 Å². The molecule has 0 aliphatic carbocycles. The highest BCUT2D eigenvalue weighted by atomic mass is 15.2. The van der Waals surface area contributed by atoms with Crippen molar-refractivity contribution in [3.63, 3.8) is 0 Å². The van der Waals surface area contributed by atoms with Gasteiger partial charge in [-0.05, 0) is 162 Å². The molecular formula is C94H93N35. The van der Waals surface area contributed by atoms with E-state index in [2.05, 4.69) is 229 Å². The second kappa shape index (κ2) is 35.7. The van der Waals surface area contributed by atoms with Gasteiger partial charge in [-0.25, -0.2) is 44.9 Å². The molecule has 0 atom stereocenters.